The molecule has 1 heterocycles. The van der Waals surface area contributed by atoms with Crippen molar-refractivity contribution in [2.24, 2.45) is 0 Å². The van der Waals surface area contributed by atoms with Crippen LogP contribution in [0, 0.1) is 5.82 Å². The lowest BCUT2D eigenvalue weighted by Crippen LogP contribution is -2.17. The van der Waals surface area contributed by atoms with E-state index in [1.807, 2.05) is 0 Å². The molecule has 0 saturated heterocycles. The number of rotatable bonds is 2. The standard InChI is InChI=1S/C9H7BrClFO4S/c10-7-8(12)5(4-17(11,13)14)3-6-9(7)16-2-1-15-6/h3H,1-2,4H2. The Kier molecular flexibility index (Phi) is 3.51. The van der Waals surface area contributed by atoms with Crippen molar-refractivity contribution in [1.82, 2.24) is 0 Å². The zero-order chi connectivity index (χ0) is 12.6. The van der Waals surface area contributed by atoms with Gasteiger partial charge in [0.05, 0.1) is 10.2 Å². The van der Waals surface area contributed by atoms with E-state index in [9.17, 15) is 12.8 Å². The average Bonchev–Trinajstić information content (AvgIpc) is 2.24. The minimum absolute atomic E-state index is 0.0463. The molecule has 0 radical (unpaired) electrons. The van der Waals surface area contributed by atoms with Gasteiger partial charge in [-0.25, -0.2) is 12.8 Å². The van der Waals surface area contributed by atoms with E-state index in [0.717, 1.165) is 0 Å². The first-order valence-corrected chi connectivity index (χ1v) is 7.84. The summed E-state index contributed by atoms with van der Waals surface area (Å²) in [5.74, 6) is -0.766. The summed E-state index contributed by atoms with van der Waals surface area (Å²) >= 11 is 3.01. The van der Waals surface area contributed by atoms with Gasteiger partial charge >= 0.3 is 0 Å². The van der Waals surface area contributed by atoms with E-state index in [1.165, 1.54) is 6.07 Å². The minimum atomic E-state index is -3.83. The smallest absolute Gasteiger partial charge is 0.236 e. The van der Waals surface area contributed by atoms with E-state index in [2.05, 4.69) is 15.9 Å². The molecule has 0 amide bonds. The van der Waals surface area contributed by atoms with Gasteiger partial charge in [0.1, 0.15) is 19.0 Å². The molecule has 0 spiro atoms. The second kappa shape index (κ2) is 4.62. The second-order valence-electron chi connectivity index (χ2n) is 3.37. The third-order valence-electron chi connectivity index (χ3n) is 2.12. The van der Waals surface area contributed by atoms with Crippen LogP contribution >= 0.6 is 26.6 Å². The van der Waals surface area contributed by atoms with Gasteiger partial charge in [-0.05, 0) is 22.0 Å². The van der Waals surface area contributed by atoms with Crippen molar-refractivity contribution < 1.29 is 22.3 Å². The van der Waals surface area contributed by atoms with Gasteiger partial charge in [-0.1, -0.05) is 0 Å². The summed E-state index contributed by atoms with van der Waals surface area (Å²) in [5, 5.41) is 0. The third kappa shape index (κ3) is 2.83. The van der Waals surface area contributed by atoms with Crippen molar-refractivity contribution in [3.63, 3.8) is 0 Å². The Morgan fingerprint density at radius 1 is 1.41 bits per heavy atom. The van der Waals surface area contributed by atoms with Gasteiger partial charge in [0.15, 0.2) is 11.5 Å². The van der Waals surface area contributed by atoms with Crippen LogP contribution in [0.2, 0.25) is 0 Å². The SMILES string of the molecule is O=S(=O)(Cl)Cc1cc2c(c(Br)c1F)OCCO2. The lowest BCUT2D eigenvalue weighted by Gasteiger charge is -2.20. The van der Waals surface area contributed by atoms with E-state index in [0.29, 0.717) is 19.0 Å². The summed E-state index contributed by atoms with van der Waals surface area (Å²) in [7, 11) is 1.27. The molecule has 0 aliphatic carbocycles. The van der Waals surface area contributed by atoms with Crippen molar-refractivity contribution >= 4 is 35.7 Å². The number of hydrogen-bond acceptors (Lipinski definition) is 4. The Morgan fingerprint density at radius 3 is 2.71 bits per heavy atom. The molecule has 8 heteroatoms. The summed E-state index contributed by atoms with van der Waals surface area (Å²) < 4.78 is 46.2. The quantitative estimate of drug-likeness (QED) is 0.773. The van der Waals surface area contributed by atoms with E-state index in [1.54, 1.807) is 0 Å². The van der Waals surface area contributed by atoms with Gasteiger partial charge in [-0.3, -0.25) is 0 Å². The second-order valence-corrected chi connectivity index (χ2v) is 6.94. The van der Waals surface area contributed by atoms with Crippen LogP contribution in [0.5, 0.6) is 11.5 Å². The Hall–Kier alpha value is -0.530. The highest BCUT2D eigenvalue weighted by molar-refractivity contribution is 9.10. The van der Waals surface area contributed by atoms with E-state index >= 15 is 0 Å². The molecule has 2 rings (SSSR count). The first-order valence-electron chi connectivity index (χ1n) is 4.57. The predicted molar refractivity (Wildman–Crippen MR) is 63.6 cm³/mol. The van der Waals surface area contributed by atoms with Crippen molar-refractivity contribution in [2.45, 2.75) is 5.75 Å². The summed E-state index contributed by atoms with van der Waals surface area (Å²) in [6, 6.07) is 1.29. The fourth-order valence-corrected chi connectivity index (χ4v) is 2.96. The molecule has 1 aromatic rings. The van der Waals surface area contributed by atoms with Gasteiger partial charge in [0.2, 0.25) is 9.05 Å². The van der Waals surface area contributed by atoms with Crippen LogP contribution in [0.1, 0.15) is 5.56 Å². The van der Waals surface area contributed by atoms with Gasteiger partial charge < -0.3 is 9.47 Å². The molecule has 0 atom stereocenters. The van der Waals surface area contributed by atoms with E-state index < -0.39 is 20.6 Å². The maximum absolute atomic E-state index is 13.8. The minimum Gasteiger partial charge on any atom is -0.486 e. The number of benzene rings is 1. The molecule has 17 heavy (non-hydrogen) atoms. The molecule has 0 fully saturated rings. The zero-order valence-corrected chi connectivity index (χ0v) is 11.5. The van der Waals surface area contributed by atoms with Crippen LogP contribution in [-0.4, -0.2) is 21.6 Å². The Morgan fingerprint density at radius 2 is 2.06 bits per heavy atom. The maximum atomic E-state index is 13.8. The van der Waals surface area contributed by atoms with E-state index in [4.69, 9.17) is 20.2 Å². The molecule has 0 saturated carbocycles. The Labute approximate surface area is 110 Å². The van der Waals surface area contributed by atoms with Crippen LogP contribution in [0.4, 0.5) is 4.39 Å². The van der Waals surface area contributed by atoms with Crippen LogP contribution in [0.25, 0.3) is 0 Å². The van der Waals surface area contributed by atoms with Crippen molar-refractivity contribution in [2.75, 3.05) is 13.2 Å². The molecule has 1 aliphatic rings. The summed E-state index contributed by atoms with van der Waals surface area (Å²) in [5.41, 5.74) is -0.0591. The summed E-state index contributed by atoms with van der Waals surface area (Å²) in [6.07, 6.45) is 0. The molecular weight excluding hydrogens is 339 g/mol. The number of hydrogen-bond donors (Lipinski definition) is 0. The highest BCUT2D eigenvalue weighted by Gasteiger charge is 2.23. The zero-order valence-electron chi connectivity index (χ0n) is 8.37. The molecule has 4 nitrogen and oxygen atoms in total. The largest absolute Gasteiger partial charge is 0.486 e. The number of ether oxygens (including phenoxy) is 2. The lowest BCUT2D eigenvalue weighted by molar-refractivity contribution is 0.169. The number of fused-ring (bicyclic) bond motifs is 1. The molecule has 94 valence electrons. The average molecular weight is 346 g/mol. The maximum Gasteiger partial charge on any atom is 0.236 e. The molecule has 0 aromatic heterocycles. The highest BCUT2D eigenvalue weighted by Crippen LogP contribution is 2.41. The molecule has 0 N–H and O–H groups in total. The summed E-state index contributed by atoms with van der Waals surface area (Å²) in [4.78, 5) is 0. The molecule has 0 unspecified atom stereocenters. The van der Waals surface area contributed by atoms with Crippen molar-refractivity contribution in [3.05, 3.63) is 21.9 Å². The van der Waals surface area contributed by atoms with E-state index in [-0.39, 0.29) is 15.8 Å². The first-order chi connectivity index (χ1) is 7.88. The normalized spacial score (nSPS) is 14.8. The fraction of sp³-hybridized carbons (Fsp3) is 0.333. The molecule has 1 aliphatic heterocycles. The first kappa shape index (κ1) is 12.9. The summed E-state index contributed by atoms with van der Waals surface area (Å²) in [6.45, 7) is 0.649. The highest BCUT2D eigenvalue weighted by atomic mass is 79.9. The van der Waals surface area contributed by atoms with Gasteiger partial charge in [-0.2, -0.15) is 0 Å². The van der Waals surface area contributed by atoms with Crippen LogP contribution in [-0.2, 0) is 14.8 Å². The molecular formula is C9H7BrClFO4S. The lowest BCUT2D eigenvalue weighted by atomic mass is 10.2. The van der Waals surface area contributed by atoms with Gasteiger partial charge in [-0.15, -0.1) is 0 Å². The van der Waals surface area contributed by atoms with Gasteiger partial charge in [0, 0.05) is 16.2 Å². The van der Waals surface area contributed by atoms with Crippen LogP contribution < -0.4 is 9.47 Å². The van der Waals surface area contributed by atoms with Gasteiger partial charge in [0.25, 0.3) is 0 Å². The monoisotopic (exact) mass is 344 g/mol. The molecule has 1 aromatic carbocycles. The Bertz CT molecular complexity index is 561. The Balaban J connectivity index is 2.51. The van der Waals surface area contributed by atoms with Crippen LogP contribution in [0.15, 0.2) is 10.5 Å². The number of halogens is 3. The molecule has 0 bridgehead atoms. The van der Waals surface area contributed by atoms with Crippen molar-refractivity contribution in [3.8, 4) is 11.5 Å². The third-order valence-corrected chi connectivity index (χ3v) is 3.81. The van der Waals surface area contributed by atoms with Crippen molar-refractivity contribution in [1.29, 1.82) is 0 Å². The topological polar surface area (TPSA) is 52.6 Å². The predicted octanol–water partition coefficient (Wildman–Crippen LogP) is 2.43. The van der Waals surface area contributed by atoms with Crippen LogP contribution in [0.3, 0.4) is 0 Å². The fourth-order valence-electron chi connectivity index (χ4n) is 1.46.